The van der Waals surface area contributed by atoms with Gasteiger partial charge in [-0.2, -0.15) is 0 Å². The first kappa shape index (κ1) is 11.0. The van der Waals surface area contributed by atoms with Crippen LogP contribution in [0.2, 0.25) is 0 Å². The van der Waals surface area contributed by atoms with Gasteiger partial charge in [0.2, 0.25) is 0 Å². The second-order valence-corrected chi connectivity index (χ2v) is 3.78. The lowest BCUT2D eigenvalue weighted by molar-refractivity contribution is 0.121. The summed E-state index contributed by atoms with van der Waals surface area (Å²) in [6.07, 6.45) is 1.77. The molecule has 14 heavy (non-hydrogen) atoms. The van der Waals surface area contributed by atoms with E-state index >= 15 is 0 Å². The number of nitrogens with zero attached hydrogens (tertiary/aromatic N) is 2. The van der Waals surface area contributed by atoms with Crippen LogP contribution in [0.25, 0.3) is 0 Å². The van der Waals surface area contributed by atoms with Crippen molar-refractivity contribution < 1.29 is 4.79 Å². The molecule has 1 saturated heterocycles. The predicted molar refractivity (Wildman–Crippen MR) is 57.2 cm³/mol. The number of hydrogen-bond acceptors (Lipinski definition) is 2. The zero-order valence-electron chi connectivity index (χ0n) is 8.99. The summed E-state index contributed by atoms with van der Waals surface area (Å²) >= 11 is 0. The summed E-state index contributed by atoms with van der Waals surface area (Å²) in [4.78, 5) is 15.3. The summed E-state index contributed by atoms with van der Waals surface area (Å²) in [5.74, 6) is 0.516. The molecule has 1 unspecified atom stereocenters. The topological polar surface area (TPSA) is 35.6 Å². The largest absolute Gasteiger partial charge is 0.327 e. The fourth-order valence-electron chi connectivity index (χ4n) is 1.88. The molecule has 1 aliphatic rings. The van der Waals surface area contributed by atoms with Crippen molar-refractivity contribution in [1.29, 1.82) is 0 Å². The highest BCUT2D eigenvalue weighted by Gasteiger charge is 2.27. The average molecular weight is 197 g/mol. The van der Waals surface area contributed by atoms with Gasteiger partial charge in [0.15, 0.2) is 0 Å². The van der Waals surface area contributed by atoms with Crippen molar-refractivity contribution in [3.8, 4) is 0 Å². The lowest BCUT2D eigenvalue weighted by Gasteiger charge is -2.37. The van der Waals surface area contributed by atoms with Gasteiger partial charge in [0.25, 0.3) is 0 Å². The molecule has 0 spiro atoms. The Morgan fingerprint density at radius 2 is 2.36 bits per heavy atom. The number of hydrogen-bond donors (Lipinski definition) is 1. The minimum Gasteiger partial charge on any atom is -0.327 e. The van der Waals surface area contributed by atoms with Gasteiger partial charge in [0, 0.05) is 39.1 Å². The highest BCUT2D eigenvalue weighted by Crippen LogP contribution is 2.12. The zero-order valence-corrected chi connectivity index (χ0v) is 8.99. The fourth-order valence-corrected chi connectivity index (χ4v) is 1.88. The average Bonchev–Trinajstić information content (AvgIpc) is 2.14. The Hall–Kier alpha value is -1.03. The van der Waals surface area contributed by atoms with Crippen LogP contribution in [0.3, 0.4) is 0 Å². The van der Waals surface area contributed by atoms with Crippen molar-refractivity contribution in [2.45, 2.75) is 0 Å². The maximum atomic E-state index is 11.6. The molecule has 1 rings (SSSR count). The Morgan fingerprint density at radius 3 is 2.93 bits per heavy atom. The lowest BCUT2D eigenvalue weighted by atomic mass is 10.1. The van der Waals surface area contributed by atoms with Crippen LogP contribution in [-0.4, -0.2) is 56.1 Å². The van der Waals surface area contributed by atoms with Crippen LogP contribution in [0.15, 0.2) is 12.7 Å². The van der Waals surface area contributed by atoms with Gasteiger partial charge in [-0.25, -0.2) is 4.79 Å². The molecule has 0 aliphatic carbocycles. The van der Waals surface area contributed by atoms with Crippen molar-refractivity contribution >= 4 is 6.03 Å². The van der Waals surface area contributed by atoms with Crippen LogP contribution in [0.5, 0.6) is 0 Å². The molecule has 0 aromatic rings. The molecule has 0 radical (unpaired) electrons. The van der Waals surface area contributed by atoms with E-state index in [2.05, 4.69) is 11.9 Å². The fraction of sp³-hybridized carbons (Fsp3) is 0.700. The van der Waals surface area contributed by atoms with E-state index in [4.69, 9.17) is 0 Å². The lowest BCUT2D eigenvalue weighted by Crippen LogP contribution is -2.53. The van der Waals surface area contributed by atoms with E-state index in [0.29, 0.717) is 12.5 Å². The van der Waals surface area contributed by atoms with Gasteiger partial charge in [-0.05, 0) is 7.05 Å². The molecule has 1 N–H and O–H groups in total. The molecule has 4 heteroatoms. The Kier molecular flexibility index (Phi) is 3.95. The SMILES string of the molecule is C=CCN1CC(CNC)CN(C)C1=O. The van der Waals surface area contributed by atoms with E-state index < -0.39 is 0 Å². The molecule has 1 atom stereocenters. The molecule has 0 saturated carbocycles. The van der Waals surface area contributed by atoms with Gasteiger partial charge in [0.05, 0.1) is 0 Å². The third-order valence-electron chi connectivity index (χ3n) is 2.45. The standard InChI is InChI=1S/C10H19N3O/c1-4-5-13-8-9(6-11-2)7-12(3)10(13)14/h4,9,11H,1,5-8H2,2-3H3. The summed E-state index contributed by atoms with van der Waals surface area (Å²) < 4.78 is 0. The van der Waals surface area contributed by atoms with Crippen molar-refractivity contribution in [1.82, 2.24) is 15.1 Å². The number of rotatable bonds is 4. The third-order valence-corrected chi connectivity index (χ3v) is 2.45. The third kappa shape index (κ3) is 2.48. The van der Waals surface area contributed by atoms with Crippen LogP contribution in [0, 0.1) is 5.92 Å². The molecule has 1 heterocycles. The maximum absolute atomic E-state index is 11.6. The molecular weight excluding hydrogens is 178 g/mol. The first-order valence-corrected chi connectivity index (χ1v) is 4.94. The molecule has 0 aromatic heterocycles. The summed E-state index contributed by atoms with van der Waals surface area (Å²) in [6, 6.07) is 0.109. The predicted octanol–water partition coefficient (Wildman–Crippen LogP) is 0.375. The number of carbonyl (C=O) groups is 1. The maximum Gasteiger partial charge on any atom is 0.320 e. The molecule has 1 fully saturated rings. The minimum atomic E-state index is 0.109. The highest BCUT2D eigenvalue weighted by atomic mass is 16.2. The number of carbonyl (C=O) groups excluding carboxylic acids is 1. The van der Waals surface area contributed by atoms with E-state index in [9.17, 15) is 4.79 Å². The zero-order chi connectivity index (χ0) is 10.6. The Morgan fingerprint density at radius 1 is 1.64 bits per heavy atom. The first-order valence-electron chi connectivity index (χ1n) is 4.94. The van der Waals surface area contributed by atoms with Crippen molar-refractivity contribution in [3.05, 3.63) is 12.7 Å². The van der Waals surface area contributed by atoms with E-state index in [1.807, 2.05) is 19.0 Å². The van der Waals surface area contributed by atoms with E-state index in [-0.39, 0.29) is 6.03 Å². The molecular formula is C10H19N3O. The van der Waals surface area contributed by atoms with E-state index in [1.165, 1.54) is 0 Å². The van der Waals surface area contributed by atoms with Crippen molar-refractivity contribution in [3.63, 3.8) is 0 Å². The Bertz CT molecular complexity index is 217. The van der Waals surface area contributed by atoms with Crippen molar-refractivity contribution in [2.24, 2.45) is 5.92 Å². The quantitative estimate of drug-likeness (QED) is 0.661. The van der Waals surface area contributed by atoms with Crippen LogP contribution in [0.4, 0.5) is 4.79 Å². The smallest absolute Gasteiger partial charge is 0.320 e. The minimum absolute atomic E-state index is 0.109. The summed E-state index contributed by atoms with van der Waals surface area (Å²) in [6.45, 7) is 6.92. The molecule has 0 aromatic carbocycles. The van der Waals surface area contributed by atoms with Gasteiger partial charge in [0.1, 0.15) is 0 Å². The molecule has 2 amide bonds. The van der Waals surface area contributed by atoms with Crippen molar-refractivity contribution in [2.75, 3.05) is 40.3 Å². The number of urea groups is 1. The Labute approximate surface area is 85.6 Å². The summed E-state index contributed by atoms with van der Waals surface area (Å²) in [5, 5.41) is 3.14. The van der Waals surface area contributed by atoms with E-state index in [1.54, 1.807) is 11.0 Å². The van der Waals surface area contributed by atoms with Crippen LogP contribution in [0.1, 0.15) is 0 Å². The molecule has 1 aliphatic heterocycles. The van der Waals surface area contributed by atoms with Gasteiger partial charge >= 0.3 is 6.03 Å². The first-order chi connectivity index (χ1) is 6.69. The molecule has 80 valence electrons. The number of nitrogens with one attached hydrogen (secondary N) is 1. The van der Waals surface area contributed by atoms with Gasteiger partial charge in [-0.3, -0.25) is 0 Å². The monoisotopic (exact) mass is 197 g/mol. The van der Waals surface area contributed by atoms with Crippen LogP contribution in [-0.2, 0) is 0 Å². The molecule has 4 nitrogen and oxygen atoms in total. The number of amides is 2. The second kappa shape index (κ2) is 5.00. The second-order valence-electron chi connectivity index (χ2n) is 3.78. The van der Waals surface area contributed by atoms with Crippen LogP contribution >= 0.6 is 0 Å². The van der Waals surface area contributed by atoms with Gasteiger partial charge in [-0.15, -0.1) is 6.58 Å². The Balaban J connectivity index is 2.56. The normalized spacial score (nSPS) is 22.7. The van der Waals surface area contributed by atoms with Gasteiger partial charge < -0.3 is 15.1 Å². The van der Waals surface area contributed by atoms with Gasteiger partial charge in [-0.1, -0.05) is 6.08 Å². The summed E-state index contributed by atoms with van der Waals surface area (Å²) in [7, 11) is 3.79. The summed E-state index contributed by atoms with van der Waals surface area (Å²) in [5.41, 5.74) is 0. The molecule has 0 bridgehead atoms. The van der Waals surface area contributed by atoms with E-state index in [0.717, 1.165) is 19.6 Å². The van der Waals surface area contributed by atoms with Crippen LogP contribution < -0.4 is 5.32 Å². The highest BCUT2D eigenvalue weighted by molar-refractivity contribution is 5.75.